The minimum Gasteiger partial charge on any atom is -0.412 e. The number of hydrogen-bond donors (Lipinski definition) is 4. The minimum absolute atomic E-state index is 0. The summed E-state index contributed by atoms with van der Waals surface area (Å²) in [6.45, 7) is 7.39. The molecule has 0 spiro atoms. The summed E-state index contributed by atoms with van der Waals surface area (Å²) in [4.78, 5) is 8.01. The van der Waals surface area contributed by atoms with Gasteiger partial charge in [0.2, 0.25) is 0 Å². The SMILES string of the molecule is CC(C)(N=NC(C)(C)C(N)=NCCO)C(N)=NCCO.O. The van der Waals surface area contributed by atoms with Crippen molar-refractivity contribution in [3.05, 3.63) is 0 Å². The average molecular weight is 304 g/mol. The van der Waals surface area contributed by atoms with Gasteiger partial charge in [0.25, 0.3) is 0 Å². The zero-order chi connectivity index (χ0) is 15.8. The molecule has 0 saturated heterocycles. The highest BCUT2D eigenvalue weighted by atomic mass is 16.3. The Bertz CT molecular complexity index is 354. The van der Waals surface area contributed by atoms with Crippen molar-refractivity contribution in [3.8, 4) is 0 Å². The minimum atomic E-state index is -0.788. The van der Waals surface area contributed by atoms with Crippen LogP contribution in [0.15, 0.2) is 20.2 Å². The highest BCUT2D eigenvalue weighted by Crippen LogP contribution is 2.16. The molecule has 0 saturated carbocycles. The third kappa shape index (κ3) is 7.69. The number of aliphatic imine (C=N–C) groups is 2. The number of azo groups is 1. The number of aliphatic hydroxyl groups excluding tert-OH is 2. The summed E-state index contributed by atoms with van der Waals surface area (Å²) in [5.41, 5.74) is 10.1. The lowest BCUT2D eigenvalue weighted by molar-refractivity contribution is 0.306. The number of nitrogens with two attached hydrogens (primary N) is 2. The molecule has 124 valence electrons. The van der Waals surface area contributed by atoms with Gasteiger partial charge in [-0.3, -0.25) is 9.98 Å². The van der Waals surface area contributed by atoms with Crippen LogP contribution < -0.4 is 11.5 Å². The number of amidine groups is 2. The first-order valence-corrected chi connectivity index (χ1v) is 6.44. The van der Waals surface area contributed by atoms with Crippen molar-refractivity contribution in [2.45, 2.75) is 38.8 Å². The molecule has 0 aliphatic rings. The second kappa shape index (κ2) is 9.37. The van der Waals surface area contributed by atoms with Gasteiger partial charge in [0.15, 0.2) is 0 Å². The predicted molar refractivity (Wildman–Crippen MR) is 83.8 cm³/mol. The van der Waals surface area contributed by atoms with Gasteiger partial charge in [0.05, 0.1) is 26.3 Å². The summed E-state index contributed by atoms with van der Waals surface area (Å²) in [6.07, 6.45) is 0. The molecule has 0 aliphatic carbocycles. The van der Waals surface area contributed by atoms with Crippen LogP contribution in [0.4, 0.5) is 0 Å². The van der Waals surface area contributed by atoms with Gasteiger partial charge in [-0.2, -0.15) is 10.2 Å². The van der Waals surface area contributed by atoms with E-state index in [1.807, 2.05) is 0 Å². The highest BCUT2D eigenvalue weighted by molar-refractivity contribution is 5.90. The smallest absolute Gasteiger partial charge is 0.132 e. The quantitative estimate of drug-likeness (QED) is 0.252. The van der Waals surface area contributed by atoms with Gasteiger partial charge >= 0.3 is 0 Å². The normalized spacial score (nSPS) is 14.4. The standard InChI is InChI=1S/C12H26N6O2.H2O/c1-11(2,9(13)15-5-7-19)17-18-12(3,4)10(14)16-6-8-20;/h19-20H,5-8H2,1-4H3,(H2,13,15)(H2,14,16);1H2. The Labute approximate surface area is 125 Å². The third-order valence-electron chi connectivity index (χ3n) is 2.57. The van der Waals surface area contributed by atoms with E-state index in [-0.39, 0.29) is 43.5 Å². The van der Waals surface area contributed by atoms with Crippen LogP contribution in [0.1, 0.15) is 27.7 Å². The maximum absolute atomic E-state index is 8.73. The maximum atomic E-state index is 8.73. The van der Waals surface area contributed by atoms with E-state index in [0.29, 0.717) is 0 Å². The van der Waals surface area contributed by atoms with E-state index in [1.54, 1.807) is 27.7 Å². The van der Waals surface area contributed by atoms with E-state index in [0.717, 1.165) is 0 Å². The van der Waals surface area contributed by atoms with Crippen LogP contribution in [0.5, 0.6) is 0 Å². The molecule has 0 radical (unpaired) electrons. The van der Waals surface area contributed by atoms with Gasteiger partial charge < -0.3 is 27.2 Å². The Morgan fingerprint density at radius 2 is 1.10 bits per heavy atom. The van der Waals surface area contributed by atoms with Gasteiger partial charge in [-0.05, 0) is 27.7 Å². The van der Waals surface area contributed by atoms with Crippen molar-refractivity contribution < 1.29 is 15.7 Å². The molecule has 0 heterocycles. The number of nitrogens with zero attached hydrogens (tertiary/aromatic N) is 4. The zero-order valence-corrected chi connectivity index (χ0v) is 13.2. The van der Waals surface area contributed by atoms with Crippen LogP contribution in [0.3, 0.4) is 0 Å². The monoisotopic (exact) mass is 304 g/mol. The Kier molecular flexibility index (Phi) is 9.69. The van der Waals surface area contributed by atoms with Crippen LogP contribution in [0.25, 0.3) is 0 Å². The van der Waals surface area contributed by atoms with Crippen molar-refractivity contribution in [2.24, 2.45) is 31.7 Å². The first kappa shape index (κ1) is 21.7. The van der Waals surface area contributed by atoms with E-state index < -0.39 is 11.1 Å². The summed E-state index contributed by atoms with van der Waals surface area (Å²) in [7, 11) is 0. The van der Waals surface area contributed by atoms with Gasteiger partial charge in [-0.1, -0.05) is 0 Å². The molecule has 0 aromatic rings. The van der Waals surface area contributed by atoms with Crippen LogP contribution in [-0.2, 0) is 0 Å². The summed E-state index contributed by atoms with van der Waals surface area (Å²) in [5, 5.41) is 25.8. The van der Waals surface area contributed by atoms with Crippen LogP contribution in [0.2, 0.25) is 0 Å². The highest BCUT2D eigenvalue weighted by Gasteiger charge is 2.27. The van der Waals surface area contributed by atoms with E-state index >= 15 is 0 Å². The number of hydrogen-bond acceptors (Lipinski definition) is 6. The zero-order valence-electron chi connectivity index (χ0n) is 13.2. The first-order chi connectivity index (χ1) is 9.17. The molecule has 0 aliphatic heterocycles. The predicted octanol–water partition coefficient (Wildman–Crippen LogP) is -1.13. The Balaban J connectivity index is 0. The fourth-order valence-electron chi connectivity index (χ4n) is 1.08. The number of aliphatic hydroxyl groups is 2. The lowest BCUT2D eigenvalue weighted by Crippen LogP contribution is -2.40. The molecule has 9 nitrogen and oxygen atoms in total. The van der Waals surface area contributed by atoms with Crippen molar-refractivity contribution in [2.75, 3.05) is 26.3 Å². The molecule has 9 heteroatoms. The third-order valence-corrected chi connectivity index (χ3v) is 2.57. The molecule has 8 N–H and O–H groups in total. The molecule has 0 rings (SSSR count). The van der Waals surface area contributed by atoms with Gasteiger partial charge in [-0.25, -0.2) is 0 Å². The maximum Gasteiger partial charge on any atom is 0.132 e. The molecule has 21 heavy (non-hydrogen) atoms. The Morgan fingerprint density at radius 3 is 1.33 bits per heavy atom. The molecule has 0 bridgehead atoms. The van der Waals surface area contributed by atoms with Gasteiger partial charge in [0, 0.05) is 0 Å². The van der Waals surface area contributed by atoms with Crippen molar-refractivity contribution in [1.82, 2.24) is 0 Å². The van der Waals surface area contributed by atoms with Crippen molar-refractivity contribution in [3.63, 3.8) is 0 Å². The van der Waals surface area contributed by atoms with Crippen molar-refractivity contribution >= 4 is 11.7 Å². The topological polar surface area (TPSA) is 173 Å². The summed E-state index contributed by atoms with van der Waals surface area (Å²) in [5.74, 6) is 0.578. The first-order valence-electron chi connectivity index (χ1n) is 6.44. The molecular weight excluding hydrogens is 276 g/mol. The van der Waals surface area contributed by atoms with E-state index in [4.69, 9.17) is 21.7 Å². The largest absolute Gasteiger partial charge is 0.412 e. The van der Waals surface area contributed by atoms with Gasteiger partial charge in [0.1, 0.15) is 22.7 Å². The molecule has 0 aromatic carbocycles. The lowest BCUT2D eigenvalue weighted by atomic mass is 10.0. The molecular formula is C12H28N6O3. The van der Waals surface area contributed by atoms with E-state index in [2.05, 4.69) is 20.2 Å². The second-order valence-corrected chi connectivity index (χ2v) is 5.30. The summed E-state index contributed by atoms with van der Waals surface area (Å²) in [6, 6.07) is 0. The fraction of sp³-hybridized carbons (Fsp3) is 0.833. The summed E-state index contributed by atoms with van der Waals surface area (Å²) < 4.78 is 0. The van der Waals surface area contributed by atoms with Crippen LogP contribution in [-0.4, -0.2) is 64.7 Å². The van der Waals surface area contributed by atoms with Crippen LogP contribution in [0, 0.1) is 0 Å². The Morgan fingerprint density at radius 1 is 0.810 bits per heavy atom. The van der Waals surface area contributed by atoms with Crippen molar-refractivity contribution in [1.29, 1.82) is 0 Å². The molecule has 0 fully saturated rings. The molecule has 0 atom stereocenters. The molecule has 0 amide bonds. The second-order valence-electron chi connectivity index (χ2n) is 5.30. The van der Waals surface area contributed by atoms with E-state index in [1.165, 1.54) is 0 Å². The molecule has 0 aromatic heterocycles. The van der Waals surface area contributed by atoms with E-state index in [9.17, 15) is 0 Å². The Hall–Kier alpha value is -1.58. The molecule has 0 unspecified atom stereocenters. The number of rotatable bonds is 8. The summed E-state index contributed by atoms with van der Waals surface area (Å²) >= 11 is 0. The fourth-order valence-corrected chi connectivity index (χ4v) is 1.08. The van der Waals surface area contributed by atoms with Crippen LogP contribution >= 0.6 is 0 Å². The lowest BCUT2D eigenvalue weighted by Gasteiger charge is -2.22. The van der Waals surface area contributed by atoms with Gasteiger partial charge in [-0.15, -0.1) is 0 Å². The average Bonchev–Trinajstić information content (AvgIpc) is 2.39.